The summed E-state index contributed by atoms with van der Waals surface area (Å²) in [4.78, 5) is 3.79. The Labute approximate surface area is 98.0 Å². The summed E-state index contributed by atoms with van der Waals surface area (Å²) in [7, 11) is 0. The molecule has 0 aliphatic heterocycles. The molecule has 0 atom stereocenters. The van der Waals surface area contributed by atoms with E-state index in [2.05, 4.69) is 4.99 Å². The molecule has 0 amide bonds. The predicted octanol–water partition coefficient (Wildman–Crippen LogP) is 1.52. The molecule has 0 saturated carbocycles. The van der Waals surface area contributed by atoms with E-state index in [4.69, 9.17) is 27.8 Å². The number of benzene rings is 1. The first kappa shape index (κ1) is 12.6. The molecule has 0 spiro atoms. The Morgan fingerprint density at radius 1 is 1.44 bits per heavy atom. The lowest BCUT2D eigenvalue weighted by Crippen LogP contribution is -2.23. The van der Waals surface area contributed by atoms with Crippen molar-refractivity contribution in [3.8, 4) is 5.75 Å². The average molecular weight is 246 g/mol. The molecule has 0 radical (unpaired) electrons. The van der Waals surface area contributed by atoms with Crippen molar-refractivity contribution in [2.75, 3.05) is 13.2 Å². The first-order valence-corrected chi connectivity index (χ1v) is 5.10. The number of nitrogens with two attached hydrogens (primary N) is 2. The lowest BCUT2D eigenvalue weighted by molar-refractivity contribution is 0.313. The van der Waals surface area contributed by atoms with Crippen molar-refractivity contribution < 1.29 is 9.13 Å². The van der Waals surface area contributed by atoms with Crippen molar-refractivity contribution in [1.29, 1.82) is 0 Å². The number of ether oxygens (including phenoxy) is 1. The van der Waals surface area contributed by atoms with Gasteiger partial charge in [0.15, 0.2) is 5.96 Å². The second-order valence-electron chi connectivity index (χ2n) is 3.08. The summed E-state index contributed by atoms with van der Waals surface area (Å²) in [5.74, 6) is 0.116. The van der Waals surface area contributed by atoms with Crippen LogP contribution in [0, 0.1) is 5.82 Å². The van der Waals surface area contributed by atoms with Crippen LogP contribution in [0.3, 0.4) is 0 Å². The van der Waals surface area contributed by atoms with Crippen LogP contribution >= 0.6 is 11.6 Å². The fourth-order valence-electron chi connectivity index (χ4n) is 1.05. The largest absolute Gasteiger partial charge is 0.492 e. The van der Waals surface area contributed by atoms with E-state index in [1.807, 2.05) is 0 Å². The van der Waals surface area contributed by atoms with Crippen molar-refractivity contribution in [1.82, 2.24) is 0 Å². The van der Waals surface area contributed by atoms with Crippen molar-refractivity contribution in [3.05, 3.63) is 29.0 Å². The van der Waals surface area contributed by atoms with Gasteiger partial charge in [0.25, 0.3) is 0 Å². The molecule has 88 valence electrons. The maximum Gasteiger partial charge on any atom is 0.185 e. The van der Waals surface area contributed by atoms with E-state index in [9.17, 15) is 4.39 Å². The van der Waals surface area contributed by atoms with Gasteiger partial charge in [-0.1, -0.05) is 11.6 Å². The average Bonchev–Trinajstić information content (AvgIpc) is 2.20. The number of hydrogen-bond acceptors (Lipinski definition) is 2. The second kappa shape index (κ2) is 6.17. The molecule has 0 bridgehead atoms. The minimum Gasteiger partial charge on any atom is -0.492 e. The molecule has 6 heteroatoms. The van der Waals surface area contributed by atoms with E-state index < -0.39 is 5.82 Å². The van der Waals surface area contributed by atoms with Crippen LogP contribution < -0.4 is 16.2 Å². The van der Waals surface area contributed by atoms with Crippen molar-refractivity contribution in [2.24, 2.45) is 16.5 Å². The zero-order chi connectivity index (χ0) is 12.0. The summed E-state index contributed by atoms with van der Waals surface area (Å²) in [6.07, 6.45) is 0.658. The maximum atomic E-state index is 12.7. The van der Waals surface area contributed by atoms with Crippen LogP contribution in [0.1, 0.15) is 6.42 Å². The van der Waals surface area contributed by atoms with Gasteiger partial charge in [-0.2, -0.15) is 0 Å². The SMILES string of the molecule is NC(N)=NCCCOc1ccc(F)cc1Cl. The van der Waals surface area contributed by atoms with Gasteiger partial charge >= 0.3 is 0 Å². The van der Waals surface area contributed by atoms with Gasteiger partial charge in [0, 0.05) is 13.0 Å². The van der Waals surface area contributed by atoms with E-state index in [1.54, 1.807) is 0 Å². The van der Waals surface area contributed by atoms with Gasteiger partial charge in [-0.15, -0.1) is 0 Å². The highest BCUT2D eigenvalue weighted by atomic mass is 35.5. The second-order valence-corrected chi connectivity index (χ2v) is 3.49. The third-order valence-corrected chi connectivity index (χ3v) is 2.04. The van der Waals surface area contributed by atoms with Gasteiger partial charge in [-0.05, 0) is 18.2 Å². The summed E-state index contributed by atoms with van der Waals surface area (Å²) < 4.78 is 18.0. The van der Waals surface area contributed by atoms with E-state index in [0.717, 1.165) is 0 Å². The van der Waals surface area contributed by atoms with Gasteiger partial charge < -0.3 is 16.2 Å². The number of rotatable bonds is 5. The molecular formula is C10H13ClFN3O. The van der Waals surface area contributed by atoms with Crippen molar-refractivity contribution in [3.63, 3.8) is 0 Å². The number of guanidine groups is 1. The molecule has 0 aliphatic carbocycles. The summed E-state index contributed by atoms with van der Waals surface area (Å²) in [5, 5.41) is 0.252. The molecule has 4 nitrogen and oxygen atoms in total. The molecule has 0 aromatic heterocycles. The van der Waals surface area contributed by atoms with E-state index >= 15 is 0 Å². The first-order valence-electron chi connectivity index (χ1n) is 4.73. The van der Waals surface area contributed by atoms with Crippen LogP contribution in [-0.2, 0) is 0 Å². The Morgan fingerprint density at radius 3 is 2.81 bits per heavy atom. The highest BCUT2D eigenvalue weighted by Crippen LogP contribution is 2.24. The zero-order valence-electron chi connectivity index (χ0n) is 8.62. The Morgan fingerprint density at radius 2 is 2.19 bits per heavy atom. The monoisotopic (exact) mass is 245 g/mol. The standard InChI is InChI=1S/C10H13ClFN3O/c11-8-6-7(12)2-3-9(8)16-5-1-4-15-10(13)14/h2-3,6H,1,4-5H2,(H4,13,14,15). The van der Waals surface area contributed by atoms with E-state index in [0.29, 0.717) is 25.3 Å². The fraction of sp³-hybridized carbons (Fsp3) is 0.300. The Kier molecular flexibility index (Phi) is 4.85. The molecular weight excluding hydrogens is 233 g/mol. The number of nitrogens with zero attached hydrogens (tertiary/aromatic N) is 1. The Hall–Kier alpha value is -1.49. The fourth-order valence-corrected chi connectivity index (χ4v) is 1.27. The Bertz CT molecular complexity index is 380. The third-order valence-electron chi connectivity index (χ3n) is 1.75. The smallest absolute Gasteiger partial charge is 0.185 e. The van der Waals surface area contributed by atoms with Gasteiger partial charge in [-0.25, -0.2) is 4.39 Å². The highest BCUT2D eigenvalue weighted by molar-refractivity contribution is 6.32. The van der Waals surface area contributed by atoms with Gasteiger partial charge in [0.2, 0.25) is 0 Å². The number of halogens is 2. The summed E-state index contributed by atoms with van der Waals surface area (Å²) in [6, 6.07) is 3.97. The first-order chi connectivity index (χ1) is 7.59. The Balaban J connectivity index is 2.35. The van der Waals surface area contributed by atoms with Crippen LogP contribution in [0.25, 0.3) is 0 Å². The van der Waals surface area contributed by atoms with Crippen molar-refractivity contribution in [2.45, 2.75) is 6.42 Å². The van der Waals surface area contributed by atoms with Crippen LogP contribution in [-0.4, -0.2) is 19.1 Å². The molecule has 0 fully saturated rings. The lowest BCUT2D eigenvalue weighted by atomic mass is 10.3. The van der Waals surface area contributed by atoms with Crippen LogP contribution in [0.5, 0.6) is 5.75 Å². The molecule has 0 aliphatic rings. The minimum absolute atomic E-state index is 0.0554. The predicted molar refractivity (Wildman–Crippen MR) is 62.2 cm³/mol. The molecule has 16 heavy (non-hydrogen) atoms. The van der Waals surface area contributed by atoms with Crippen LogP contribution in [0.4, 0.5) is 4.39 Å². The number of aliphatic imine (C=N–C) groups is 1. The van der Waals surface area contributed by atoms with Crippen molar-refractivity contribution >= 4 is 17.6 Å². The molecule has 0 saturated heterocycles. The van der Waals surface area contributed by atoms with Crippen LogP contribution in [0.2, 0.25) is 5.02 Å². The third kappa shape index (κ3) is 4.35. The molecule has 0 heterocycles. The minimum atomic E-state index is -0.391. The van der Waals surface area contributed by atoms with Gasteiger partial charge in [0.05, 0.1) is 11.6 Å². The van der Waals surface area contributed by atoms with Gasteiger partial charge in [-0.3, -0.25) is 4.99 Å². The normalized spacial score (nSPS) is 9.88. The van der Waals surface area contributed by atoms with Crippen LogP contribution in [0.15, 0.2) is 23.2 Å². The summed E-state index contributed by atoms with van der Waals surface area (Å²) in [6.45, 7) is 0.906. The molecule has 4 N–H and O–H groups in total. The maximum absolute atomic E-state index is 12.7. The van der Waals surface area contributed by atoms with E-state index in [1.165, 1.54) is 18.2 Å². The lowest BCUT2D eigenvalue weighted by Gasteiger charge is -2.06. The highest BCUT2D eigenvalue weighted by Gasteiger charge is 2.02. The molecule has 0 unspecified atom stereocenters. The number of hydrogen-bond donors (Lipinski definition) is 2. The topological polar surface area (TPSA) is 73.6 Å². The molecule has 1 aromatic carbocycles. The summed E-state index contributed by atoms with van der Waals surface area (Å²) >= 11 is 5.76. The quantitative estimate of drug-likeness (QED) is 0.469. The van der Waals surface area contributed by atoms with E-state index in [-0.39, 0.29) is 11.0 Å². The molecule has 1 aromatic rings. The summed E-state index contributed by atoms with van der Waals surface area (Å²) in [5.41, 5.74) is 10.3. The van der Waals surface area contributed by atoms with Gasteiger partial charge in [0.1, 0.15) is 11.6 Å². The molecule has 1 rings (SSSR count). The zero-order valence-corrected chi connectivity index (χ0v) is 9.38.